The lowest BCUT2D eigenvalue weighted by molar-refractivity contribution is -0.119. The number of hydrogen-bond donors (Lipinski definition) is 2. The van der Waals surface area contributed by atoms with E-state index in [0.29, 0.717) is 19.1 Å². The predicted molar refractivity (Wildman–Crippen MR) is 99.8 cm³/mol. The van der Waals surface area contributed by atoms with Gasteiger partial charge in [0.15, 0.2) is 5.96 Å². The smallest absolute Gasteiger partial charge is 0.226 e. The van der Waals surface area contributed by atoms with Crippen molar-refractivity contribution >= 4 is 17.6 Å². The van der Waals surface area contributed by atoms with E-state index in [-0.39, 0.29) is 5.91 Å². The quantitative estimate of drug-likeness (QED) is 0.634. The average Bonchev–Trinajstić information content (AvgIpc) is 3.16. The fraction of sp³-hybridized carbons (Fsp3) is 0.579. The summed E-state index contributed by atoms with van der Waals surface area (Å²) in [5.41, 5.74) is 2.16. The Bertz CT molecular complexity index is 594. The molecule has 2 saturated heterocycles. The summed E-state index contributed by atoms with van der Waals surface area (Å²) in [6, 6.07) is 8.20. The predicted octanol–water partition coefficient (Wildman–Crippen LogP) is 2.05. The van der Waals surface area contributed by atoms with Gasteiger partial charge in [0.05, 0.1) is 6.10 Å². The standard InChI is InChI=1S/C19H28N4O2/c1-20-19(22-14-17-5-4-12-25-17)21-13-15-7-9-16(10-8-15)23-11-3-2-6-18(23)24/h7-10,17H,2-6,11-14H2,1H3,(H2,20,21,22). The van der Waals surface area contributed by atoms with Crippen molar-refractivity contribution in [2.45, 2.75) is 44.8 Å². The van der Waals surface area contributed by atoms with Gasteiger partial charge >= 0.3 is 0 Å². The fourth-order valence-electron chi connectivity index (χ4n) is 3.29. The number of carbonyl (C=O) groups excluding carboxylic acids is 1. The molecular weight excluding hydrogens is 316 g/mol. The van der Waals surface area contributed by atoms with Gasteiger partial charge in [0, 0.05) is 45.4 Å². The summed E-state index contributed by atoms with van der Waals surface area (Å²) < 4.78 is 5.61. The van der Waals surface area contributed by atoms with E-state index < -0.39 is 0 Å². The number of piperidine rings is 1. The van der Waals surface area contributed by atoms with Crippen LogP contribution in [0.25, 0.3) is 0 Å². The lowest BCUT2D eigenvalue weighted by Gasteiger charge is -2.26. The molecule has 3 rings (SSSR count). The summed E-state index contributed by atoms with van der Waals surface area (Å²) in [5, 5.41) is 6.63. The van der Waals surface area contributed by atoms with Crippen molar-refractivity contribution in [3.8, 4) is 0 Å². The molecule has 6 heteroatoms. The highest BCUT2D eigenvalue weighted by Gasteiger charge is 2.19. The Morgan fingerprint density at radius 1 is 1.24 bits per heavy atom. The molecule has 1 amide bonds. The van der Waals surface area contributed by atoms with Crippen molar-refractivity contribution in [2.24, 2.45) is 4.99 Å². The number of aliphatic imine (C=N–C) groups is 1. The van der Waals surface area contributed by atoms with E-state index in [1.54, 1.807) is 7.05 Å². The largest absolute Gasteiger partial charge is 0.376 e. The average molecular weight is 344 g/mol. The van der Waals surface area contributed by atoms with Crippen LogP contribution in [0.5, 0.6) is 0 Å². The monoisotopic (exact) mass is 344 g/mol. The van der Waals surface area contributed by atoms with Crippen molar-refractivity contribution < 1.29 is 9.53 Å². The highest BCUT2D eigenvalue weighted by atomic mass is 16.5. The normalized spacial score (nSPS) is 21.5. The molecule has 2 heterocycles. The summed E-state index contributed by atoms with van der Waals surface area (Å²) in [6.45, 7) is 3.18. The molecule has 1 atom stereocenters. The molecule has 1 aromatic rings. The number of hydrogen-bond acceptors (Lipinski definition) is 3. The van der Waals surface area contributed by atoms with Gasteiger partial charge in [-0.05, 0) is 43.4 Å². The van der Waals surface area contributed by atoms with Gasteiger partial charge in [-0.1, -0.05) is 12.1 Å². The lowest BCUT2D eigenvalue weighted by atomic mass is 10.1. The molecule has 0 radical (unpaired) electrons. The topological polar surface area (TPSA) is 66.0 Å². The number of nitrogens with zero attached hydrogens (tertiary/aromatic N) is 2. The van der Waals surface area contributed by atoms with Crippen molar-refractivity contribution in [1.29, 1.82) is 0 Å². The number of amides is 1. The summed E-state index contributed by atoms with van der Waals surface area (Å²) in [6.07, 6.45) is 5.30. The number of anilines is 1. The van der Waals surface area contributed by atoms with Crippen LogP contribution in [-0.4, -0.2) is 44.7 Å². The number of nitrogens with one attached hydrogen (secondary N) is 2. The molecule has 0 spiro atoms. The van der Waals surface area contributed by atoms with Gasteiger partial charge in [-0.2, -0.15) is 0 Å². The Kier molecular flexibility index (Phi) is 6.28. The Labute approximate surface area is 149 Å². The third kappa shape index (κ3) is 4.95. The highest BCUT2D eigenvalue weighted by Crippen LogP contribution is 2.21. The van der Waals surface area contributed by atoms with Gasteiger partial charge in [-0.15, -0.1) is 0 Å². The van der Waals surface area contributed by atoms with Crippen molar-refractivity contribution in [3.05, 3.63) is 29.8 Å². The van der Waals surface area contributed by atoms with Crippen LogP contribution in [0.1, 0.15) is 37.7 Å². The van der Waals surface area contributed by atoms with Gasteiger partial charge in [-0.3, -0.25) is 9.79 Å². The van der Waals surface area contributed by atoms with E-state index in [4.69, 9.17) is 4.74 Å². The maximum absolute atomic E-state index is 12.0. The van der Waals surface area contributed by atoms with E-state index in [9.17, 15) is 4.79 Å². The van der Waals surface area contributed by atoms with Crippen LogP contribution in [0.15, 0.2) is 29.3 Å². The fourth-order valence-corrected chi connectivity index (χ4v) is 3.29. The second kappa shape index (κ2) is 8.85. The zero-order chi connectivity index (χ0) is 17.5. The van der Waals surface area contributed by atoms with Gasteiger partial charge in [0.2, 0.25) is 5.91 Å². The molecule has 0 saturated carbocycles. The molecule has 2 aliphatic rings. The minimum Gasteiger partial charge on any atom is -0.376 e. The minimum atomic E-state index is 0.232. The molecular formula is C19H28N4O2. The van der Waals surface area contributed by atoms with Crippen LogP contribution in [-0.2, 0) is 16.1 Å². The molecule has 0 bridgehead atoms. The molecule has 0 aromatic heterocycles. The second-order valence-corrected chi connectivity index (χ2v) is 6.61. The van der Waals surface area contributed by atoms with Crippen LogP contribution in [0.2, 0.25) is 0 Å². The first-order valence-corrected chi connectivity index (χ1v) is 9.21. The molecule has 0 aliphatic carbocycles. The van der Waals surface area contributed by atoms with Crippen LogP contribution in [0.4, 0.5) is 5.69 Å². The van der Waals surface area contributed by atoms with Crippen LogP contribution >= 0.6 is 0 Å². The Morgan fingerprint density at radius 3 is 2.76 bits per heavy atom. The minimum absolute atomic E-state index is 0.232. The SMILES string of the molecule is CN=C(NCc1ccc(N2CCCCC2=O)cc1)NCC1CCCO1. The first-order chi connectivity index (χ1) is 12.3. The second-order valence-electron chi connectivity index (χ2n) is 6.61. The molecule has 25 heavy (non-hydrogen) atoms. The van der Waals surface area contributed by atoms with Crippen molar-refractivity contribution in [3.63, 3.8) is 0 Å². The molecule has 2 N–H and O–H groups in total. The number of ether oxygens (including phenoxy) is 1. The zero-order valence-corrected chi connectivity index (χ0v) is 15.0. The summed E-state index contributed by atoms with van der Waals surface area (Å²) in [7, 11) is 1.77. The molecule has 2 fully saturated rings. The van der Waals surface area contributed by atoms with E-state index in [2.05, 4.69) is 27.8 Å². The maximum atomic E-state index is 12.0. The first kappa shape index (κ1) is 17.7. The van der Waals surface area contributed by atoms with Gasteiger partial charge < -0.3 is 20.3 Å². The van der Waals surface area contributed by atoms with Crippen molar-refractivity contribution in [2.75, 3.05) is 31.6 Å². The van der Waals surface area contributed by atoms with E-state index in [1.807, 2.05) is 17.0 Å². The van der Waals surface area contributed by atoms with E-state index in [1.165, 1.54) is 0 Å². The molecule has 6 nitrogen and oxygen atoms in total. The Morgan fingerprint density at radius 2 is 2.08 bits per heavy atom. The summed E-state index contributed by atoms with van der Waals surface area (Å²) in [4.78, 5) is 18.1. The first-order valence-electron chi connectivity index (χ1n) is 9.21. The Hall–Kier alpha value is -2.08. The molecule has 1 unspecified atom stereocenters. The van der Waals surface area contributed by atoms with Crippen LogP contribution in [0, 0.1) is 0 Å². The number of guanidine groups is 1. The van der Waals surface area contributed by atoms with E-state index >= 15 is 0 Å². The third-order valence-corrected chi connectivity index (χ3v) is 4.78. The maximum Gasteiger partial charge on any atom is 0.226 e. The molecule has 136 valence electrons. The highest BCUT2D eigenvalue weighted by molar-refractivity contribution is 5.93. The van der Waals surface area contributed by atoms with Crippen LogP contribution < -0.4 is 15.5 Å². The van der Waals surface area contributed by atoms with Crippen molar-refractivity contribution in [1.82, 2.24) is 10.6 Å². The number of carbonyl (C=O) groups is 1. The number of benzene rings is 1. The van der Waals surface area contributed by atoms with E-state index in [0.717, 1.165) is 62.6 Å². The van der Waals surface area contributed by atoms with Gasteiger partial charge in [0.25, 0.3) is 0 Å². The number of rotatable bonds is 5. The Balaban J connectivity index is 1.48. The lowest BCUT2D eigenvalue weighted by Crippen LogP contribution is -2.40. The van der Waals surface area contributed by atoms with Gasteiger partial charge in [-0.25, -0.2) is 0 Å². The van der Waals surface area contributed by atoms with Gasteiger partial charge in [0.1, 0.15) is 0 Å². The summed E-state index contributed by atoms with van der Waals surface area (Å²) in [5.74, 6) is 1.02. The summed E-state index contributed by atoms with van der Waals surface area (Å²) >= 11 is 0. The molecule has 1 aromatic carbocycles. The molecule has 2 aliphatic heterocycles. The third-order valence-electron chi connectivity index (χ3n) is 4.78. The zero-order valence-electron chi connectivity index (χ0n) is 15.0. The van der Waals surface area contributed by atoms with Crippen LogP contribution in [0.3, 0.4) is 0 Å².